The number of carbonyl (C=O) groups excluding carboxylic acids is 1. The zero-order valence-electron chi connectivity index (χ0n) is 12.6. The Bertz CT molecular complexity index is 632. The van der Waals surface area contributed by atoms with E-state index in [4.69, 9.17) is 11.6 Å². The molecule has 2 aromatic heterocycles. The lowest BCUT2D eigenvalue weighted by atomic mass is 10.3. The molecule has 0 saturated carbocycles. The summed E-state index contributed by atoms with van der Waals surface area (Å²) >= 11 is 9.34. The van der Waals surface area contributed by atoms with E-state index in [1.54, 1.807) is 17.1 Å². The summed E-state index contributed by atoms with van der Waals surface area (Å²) in [6.07, 6.45) is 4.78. The molecule has 0 unspecified atom stereocenters. The zero-order chi connectivity index (χ0) is 16.1. The van der Waals surface area contributed by atoms with Crippen LogP contribution < -0.4 is 5.32 Å². The summed E-state index contributed by atoms with van der Waals surface area (Å²) in [5, 5.41) is 12.0. The molecule has 0 aliphatic carbocycles. The van der Waals surface area contributed by atoms with Gasteiger partial charge in [-0.25, -0.2) is 0 Å². The van der Waals surface area contributed by atoms with Crippen LogP contribution in [0.4, 0.5) is 0 Å². The van der Waals surface area contributed by atoms with Gasteiger partial charge in [0.05, 0.1) is 21.4 Å². The highest BCUT2D eigenvalue weighted by atomic mass is 79.9. The number of nitrogens with zero attached hydrogens (tertiary/aromatic N) is 4. The molecule has 0 spiro atoms. The van der Waals surface area contributed by atoms with E-state index in [2.05, 4.69) is 31.4 Å². The minimum atomic E-state index is 0.0284. The van der Waals surface area contributed by atoms with Crippen LogP contribution in [0.25, 0.3) is 0 Å². The van der Waals surface area contributed by atoms with Crippen molar-refractivity contribution >= 4 is 33.4 Å². The minimum absolute atomic E-state index is 0.0284. The van der Waals surface area contributed by atoms with E-state index >= 15 is 0 Å². The SMILES string of the molecule is Cc1nn(CCCNC(=O)CCn2ncc(Br)c2C)cc1Cl. The molecule has 22 heavy (non-hydrogen) atoms. The van der Waals surface area contributed by atoms with Gasteiger partial charge in [-0.2, -0.15) is 10.2 Å². The Balaban J connectivity index is 1.64. The van der Waals surface area contributed by atoms with E-state index in [1.807, 2.05) is 18.5 Å². The van der Waals surface area contributed by atoms with Gasteiger partial charge in [0, 0.05) is 37.9 Å². The number of aromatic nitrogens is 4. The van der Waals surface area contributed by atoms with Gasteiger partial charge >= 0.3 is 0 Å². The van der Waals surface area contributed by atoms with Gasteiger partial charge in [-0.3, -0.25) is 14.2 Å². The van der Waals surface area contributed by atoms with Crippen molar-refractivity contribution in [2.75, 3.05) is 6.54 Å². The van der Waals surface area contributed by atoms with Crippen molar-refractivity contribution in [3.05, 3.63) is 33.3 Å². The molecule has 2 heterocycles. The Kier molecular flexibility index (Phi) is 6.02. The zero-order valence-corrected chi connectivity index (χ0v) is 15.0. The molecule has 120 valence electrons. The van der Waals surface area contributed by atoms with Crippen molar-refractivity contribution in [3.63, 3.8) is 0 Å². The fourth-order valence-corrected chi connectivity index (χ4v) is 2.47. The molecule has 0 fully saturated rings. The fourth-order valence-electron chi connectivity index (χ4n) is 2.02. The van der Waals surface area contributed by atoms with Gasteiger partial charge in [-0.05, 0) is 36.2 Å². The van der Waals surface area contributed by atoms with Crippen LogP contribution in [0.3, 0.4) is 0 Å². The maximum absolute atomic E-state index is 11.8. The van der Waals surface area contributed by atoms with Gasteiger partial charge in [-0.15, -0.1) is 0 Å². The molecule has 0 atom stereocenters. The molecule has 2 aromatic rings. The molecule has 0 bridgehead atoms. The lowest BCUT2D eigenvalue weighted by molar-refractivity contribution is -0.121. The first-order valence-electron chi connectivity index (χ1n) is 7.11. The minimum Gasteiger partial charge on any atom is -0.356 e. The van der Waals surface area contributed by atoms with Gasteiger partial charge in [0.25, 0.3) is 0 Å². The van der Waals surface area contributed by atoms with Crippen LogP contribution in [0, 0.1) is 13.8 Å². The smallest absolute Gasteiger partial charge is 0.221 e. The van der Waals surface area contributed by atoms with Crippen LogP contribution in [0.5, 0.6) is 0 Å². The second-order valence-corrected chi connectivity index (χ2v) is 6.34. The van der Waals surface area contributed by atoms with Gasteiger partial charge in [0.15, 0.2) is 0 Å². The van der Waals surface area contributed by atoms with Crippen molar-refractivity contribution in [2.45, 2.75) is 39.8 Å². The summed E-state index contributed by atoms with van der Waals surface area (Å²) in [5.74, 6) is 0.0284. The molecule has 6 nitrogen and oxygen atoms in total. The van der Waals surface area contributed by atoms with Crippen LogP contribution in [-0.4, -0.2) is 32.0 Å². The third-order valence-corrected chi connectivity index (χ3v) is 4.52. The van der Waals surface area contributed by atoms with Gasteiger partial charge in [0.1, 0.15) is 0 Å². The van der Waals surface area contributed by atoms with Crippen molar-refractivity contribution in [3.8, 4) is 0 Å². The average Bonchev–Trinajstić information content (AvgIpc) is 2.97. The Morgan fingerprint density at radius 3 is 2.77 bits per heavy atom. The highest BCUT2D eigenvalue weighted by molar-refractivity contribution is 9.10. The predicted molar refractivity (Wildman–Crippen MR) is 88.9 cm³/mol. The summed E-state index contributed by atoms with van der Waals surface area (Å²) in [7, 11) is 0. The maximum atomic E-state index is 11.8. The number of halogens is 2. The van der Waals surface area contributed by atoms with Gasteiger partial charge in [-0.1, -0.05) is 11.6 Å². The Morgan fingerprint density at radius 1 is 1.41 bits per heavy atom. The molecule has 8 heteroatoms. The quantitative estimate of drug-likeness (QED) is 0.742. The average molecular weight is 389 g/mol. The second-order valence-electron chi connectivity index (χ2n) is 5.08. The molecule has 2 rings (SSSR count). The molecular weight excluding hydrogens is 370 g/mol. The van der Waals surface area contributed by atoms with Crippen LogP contribution in [0.1, 0.15) is 24.2 Å². The highest BCUT2D eigenvalue weighted by Gasteiger charge is 2.06. The standard InChI is InChI=1S/C14H19BrClN5O/c1-10-13(16)9-20(19-10)6-3-5-17-14(22)4-7-21-11(2)12(15)8-18-21/h8-9H,3-7H2,1-2H3,(H,17,22). The first-order valence-corrected chi connectivity index (χ1v) is 8.28. The first-order chi connectivity index (χ1) is 10.5. The van der Waals surface area contributed by atoms with Crippen LogP contribution in [0.15, 0.2) is 16.9 Å². The molecule has 0 aliphatic heterocycles. The van der Waals surface area contributed by atoms with Gasteiger partial charge in [0.2, 0.25) is 5.91 Å². The summed E-state index contributed by atoms with van der Waals surface area (Å²) in [4.78, 5) is 11.8. The molecule has 0 aliphatic rings. The third kappa shape index (κ3) is 4.58. The second kappa shape index (κ2) is 7.78. The third-order valence-electron chi connectivity index (χ3n) is 3.37. The molecule has 1 N–H and O–H groups in total. The Labute approximate surface area is 143 Å². The highest BCUT2D eigenvalue weighted by Crippen LogP contribution is 2.14. The summed E-state index contributed by atoms with van der Waals surface area (Å²) in [5.41, 5.74) is 1.85. The number of rotatable bonds is 7. The molecule has 0 saturated heterocycles. The van der Waals surface area contributed by atoms with Crippen molar-refractivity contribution in [1.82, 2.24) is 24.9 Å². The number of hydrogen-bond acceptors (Lipinski definition) is 3. The van der Waals surface area contributed by atoms with E-state index in [0.717, 1.165) is 28.8 Å². The Hall–Kier alpha value is -1.34. The van der Waals surface area contributed by atoms with Crippen LogP contribution >= 0.6 is 27.5 Å². The largest absolute Gasteiger partial charge is 0.356 e. The van der Waals surface area contributed by atoms with Crippen molar-refractivity contribution in [1.29, 1.82) is 0 Å². The van der Waals surface area contributed by atoms with E-state index in [-0.39, 0.29) is 5.91 Å². The summed E-state index contributed by atoms with van der Waals surface area (Å²) < 4.78 is 4.58. The summed E-state index contributed by atoms with van der Waals surface area (Å²) in [6, 6.07) is 0. The van der Waals surface area contributed by atoms with Crippen molar-refractivity contribution in [2.24, 2.45) is 0 Å². The van der Waals surface area contributed by atoms with E-state index in [1.165, 1.54) is 0 Å². The number of amides is 1. The number of hydrogen-bond donors (Lipinski definition) is 1. The number of aryl methyl sites for hydroxylation is 3. The topological polar surface area (TPSA) is 64.7 Å². The fraction of sp³-hybridized carbons (Fsp3) is 0.500. The van der Waals surface area contributed by atoms with E-state index in [9.17, 15) is 4.79 Å². The van der Waals surface area contributed by atoms with E-state index < -0.39 is 0 Å². The normalized spacial score (nSPS) is 10.9. The predicted octanol–water partition coefficient (Wildman–Crippen LogP) is 2.71. The molecular formula is C14H19BrClN5O. The first kappa shape index (κ1) is 17.0. The number of carbonyl (C=O) groups is 1. The summed E-state index contributed by atoms with van der Waals surface area (Å²) in [6.45, 7) is 5.77. The van der Waals surface area contributed by atoms with Crippen LogP contribution in [0.2, 0.25) is 5.02 Å². The van der Waals surface area contributed by atoms with E-state index in [0.29, 0.717) is 24.5 Å². The van der Waals surface area contributed by atoms with Gasteiger partial charge < -0.3 is 5.32 Å². The molecule has 0 radical (unpaired) electrons. The van der Waals surface area contributed by atoms with Crippen LogP contribution in [-0.2, 0) is 17.9 Å². The Morgan fingerprint density at radius 2 is 2.18 bits per heavy atom. The lowest BCUT2D eigenvalue weighted by Crippen LogP contribution is -2.26. The molecule has 1 amide bonds. The monoisotopic (exact) mass is 387 g/mol. The molecule has 0 aromatic carbocycles. The lowest BCUT2D eigenvalue weighted by Gasteiger charge is -2.07. The maximum Gasteiger partial charge on any atom is 0.221 e. The number of nitrogens with one attached hydrogen (secondary N) is 1. The van der Waals surface area contributed by atoms with Crippen molar-refractivity contribution < 1.29 is 4.79 Å².